The molecule has 0 aliphatic carbocycles. The predicted molar refractivity (Wildman–Crippen MR) is 84.9 cm³/mol. The normalized spacial score (nSPS) is 17.3. The molecule has 7 heteroatoms. The molecule has 120 valence electrons. The zero-order valence-electron chi connectivity index (χ0n) is 13.0. The van der Waals surface area contributed by atoms with Gasteiger partial charge in [0.1, 0.15) is 0 Å². The first-order chi connectivity index (χ1) is 10.4. The number of non-ortho nitro benzene ring substituents is 1. The first kappa shape index (κ1) is 16.2. The largest absolute Gasteiger partial charge is 0.369 e. The van der Waals surface area contributed by atoms with Crippen molar-refractivity contribution in [1.29, 1.82) is 0 Å². The number of nitro groups is 1. The number of benzene rings is 1. The molecule has 1 atom stereocenters. The van der Waals surface area contributed by atoms with Gasteiger partial charge in [0, 0.05) is 49.9 Å². The summed E-state index contributed by atoms with van der Waals surface area (Å²) in [5.74, 6) is -0.746. The van der Waals surface area contributed by atoms with Crippen LogP contribution in [0.25, 0.3) is 0 Å². The molecule has 1 aromatic carbocycles. The summed E-state index contributed by atoms with van der Waals surface area (Å²) in [5.41, 5.74) is 7.16. The molecule has 0 spiro atoms. The molecule has 0 radical (unpaired) electrons. The zero-order valence-corrected chi connectivity index (χ0v) is 13.0. The number of carbonyl (C=O) groups excluding carboxylic acids is 1. The van der Waals surface area contributed by atoms with Gasteiger partial charge in [-0.1, -0.05) is 6.92 Å². The van der Waals surface area contributed by atoms with E-state index in [1.807, 2.05) is 0 Å². The lowest BCUT2D eigenvalue weighted by Gasteiger charge is -2.35. The number of anilines is 1. The summed E-state index contributed by atoms with van der Waals surface area (Å²) < 4.78 is 0. The maximum Gasteiger partial charge on any atom is 0.269 e. The van der Waals surface area contributed by atoms with E-state index >= 15 is 0 Å². The predicted octanol–water partition coefficient (Wildman–Crippen LogP) is 1.01. The summed E-state index contributed by atoms with van der Waals surface area (Å²) in [6, 6.07) is 4.87. The third-order valence-electron chi connectivity index (χ3n) is 4.13. The summed E-state index contributed by atoms with van der Waals surface area (Å²) in [5, 5.41) is 11.0. The van der Waals surface area contributed by atoms with Crippen LogP contribution in [-0.2, 0) is 11.2 Å². The number of rotatable bonds is 5. The fourth-order valence-electron chi connectivity index (χ4n) is 2.64. The first-order valence-electron chi connectivity index (χ1n) is 7.38. The van der Waals surface area contributed by atoms with Crippen molar-refractivity contribution in [3.8, 4) is 0 Å². The van der Waals surface area contributed by atoms with E-state index in [-0.39, 0.29) is 11.6 Å². The molecule has 1 fully saturated rings. The molecule has 0 bridgehead atoms. The maximum absolute atomic E-state index is 11.3. The van der Waals surface area contributed by atoms with E-state index in [0.717, 1.165) is 37.4 Å². The Labute approximate surface area is 129 Å². The van der Waals surface area contributed by atoms with Crippen LogP contribution in [0.5, 0.6) is 0 Å². The average molecular weight is 306 g/mol. The van der Waals surface area contributed by atoms with Crippen molar-refractivity contribution in [2.24, 2.45) is 11.7 Å². The molecule has 0 saturated carbocycles. The number of primary amides is 1. The van der Waals surface area contributed by atoms with Gasteiger partial charge in [-0.3, -0.25) is 14.9 Å². The first-order valence-corrected chi connectivity index (χ1v) is 7.38. The molecule has 1 amide bonds. The summed E-state index contributed by atoms with van der Waals surface area (Å²) in [6.45, 7) is 5.37. The standard InChI is InChI=1S/C15H22N4O3/c1-11(15(16)20)9-12-10-13(19(21)22)3-4-14(12)18-7-5-17(2)6-8-18/h3-4,10-11H,5-9H2,1-2H3,(H2,16,20). The van der Waals surface area contributed by atoms with Crippen molar-refractivity contribution in [3.63, 3.8) is 0 Å². The summed E-state index contributed by atoms with van der Waals surface area (Å²) in [4.78, 5) is 26.4. The van der Waals surface area contributed by atoms with Gasteiger partial charge in [0.2, 0.25) is 5.91 Å². The van der Waals surface area contributed by atoms with E-state index in [4.69, 9.17) is 5.73 Å². The minimum atomic E-state index is -0.411. The third-order valence-corrected chi connectivity index (χ3v) is 4.13. The monoisotopic (exact) mass is 306 g/mol. The van der Waals surface area contributed by atoms with Gasteiger partial charge in [0.05, 0.1) is 4.92 Å². The van der Waals surface area contributed by atoms with Gasteiger partial charge in [-0.25, -0.2) is 0 Å². The minimum absolute atomic E-state index is 0.0459. The van der Waals surface area contributed by atoms with E-state index in [2.05, 4.69) is 16.8 Å². The molecular weight excluding hydrogens is 284 g/mol. The van der Waals surface area contributed by atoms with Crippen molar-refractivity contribution in [2.75, 3.05) is 38.1 Å². The van der Waals surface area contributed by atoms with E-state index in [1.54, 1.807) is 19.1 Å². The van der Waals surface area contributed by atoms with Gasteiger partial charge in [-0.2, -0.15) is 0 Å². The minimum Gasteiger partial charge on any atom is -0.369 e. The van der Waals surface area contributed by atoms with Crippen LogP contribution in [0.15, 0.2) is 18.2 Å². The summed E-state index contributed by atoms with van der Waals surface area (Å²) in [7, 11) is 2.07. The molecule has 2 N–H and O–H groups in total. The lowest BCUT2D eigenvalue weighted by atomic mass is 9.97. The lowest BCUT2D eigenvalue weighted by Crippen LogP contribution is -2.44. The highest BCUT2D eigenvalue weighted by Crippen LogP contribution is 2.28. The van der Waals surface area contributed by atoms with E-state index in [0.29, 0.717) is 6.42 Å². The van der Waals surface area contributed by atoms with Crippen LogP contribution >= 0.6 is 0 Å². The van der Waals surface area contributed by atoms with Crippen molar-refractivity contribution in [2.45, 2.75) is 13.3 Å². The lowest BCUT2D eigenvalue weighted by molar-refractivity contribution is -0.384. The van der Waals surface area contributed by atoms with Gasteiger partial charge >= 0.3 is 0 Å². The smallest absolute Gasteiger partial charge is 0.269 e. The third kappa shape index (κ3) is 3.73. The Balaban J connectivity index is 2.30. The van der Waals surface area contributed by atoms with Crippen molar-refractivity contribution in [1.82, 2.24) is 4.90 Å². The Bertz CT molecular complexity index is 568. The van der Waals surface area contributed by atoms with Gasteiger partial charge in [0.15, 0.2) is 0 Å². The molecule has 1 heterocycles. The second-order valence-corrected chi connectivity index (χ2v) is 5.87. The van der Waals surface area contributed by atoms with E-state index in [9.17, 15) is 14.9 Å². The molecule has 0 aromatic heterocycles. The number of likely N-dealkylation sites (N-methyl/N-ethyl adjacent to an activating group) is 1. The van der Waals surface area contributed by atoms with E-state index < -0.39 is 10.8 Å². The quantitative estimate of drug-likeness (QED) is 0.647. The van der Waals surface area contributed by atoms with Crippen LogP contribution in [0.1, 0.15) is 12.5 Å². The molecule has 1 saturated heterocycles. The Kier molecular flexibility index (Phi) is 4.97. The van der Waals surface area contributed by atoms with Crippen molar-refractivity contribution in [3.05, 3.63) is 33.9 Å². The molecule has 1 aliphatic rings. The molecule has 1 unspecified atom stereocenters. The average Bonchev–Trinajstić information content (AvgIpc) is 2.48. The second kappa shape index (κ2) is 6.74. The molecule has 1 aliphatic heterocycles. The molecule has 1 aromatic rings. The number of carbonyl (C=O) groups is 1. The Morgan fingerprint density at radius 3 is 2.55 bits per heavy atom. The molecule has 7 nitrogen and oxygen atoms in total. The molecule has 22 heavy (non-hydrogen) atoms. The Hall–Kier alpha value is -2.15. The number of nitro benzene ring substituents is 1. The second-order valence-electron chi connectivity index (χ2n) is 5.87. The van der Waals surface area contributed by atoms with Crippen LogP contribution in [0.4, 0.5) is 11.4 Å². The van der Waals surface area contributed by atoms with Crippen molar-refractivity contribution >= 4 is 17.3 Å². The highest BCUT2D eigenvalue weighted by atomic mass is 16.6. The van der Waals surface area contributed by atoms with Crippen molar-refractivity contribution < 1.29 is 9.72 Å². The van der Waals surface area contributed by atoms with Gasteiger partial charge in [0.25, 0.3) is 5.69 Å². The van der Waals surface area contributed by atoms with Gasteiger partial charge in [-0.05, 0) is 25.1 Å². The number of nitrogens with two attached hydrogens (primary N) is 1. The highest BCUT2D eigenvalue weighted by Gasteiger charge is 2.21. The topological polar surface area (TPSA) is 92.7 Å². The maximum atomic E-state index is 11.3. The van der Waals surface area contributed by atoms with Crippen LogP contribution in [0.2, 0.25) is 0 Å². The molecule has 2 rings (SSSR count). The zero-order chi connectivity index (χ0) is 16.3. The fourth-order valence-corrected chi connectivity index (χ4v) is 2.64. The summed E-state index contributed by atoms with van der Waals surface area (Å²) >= 11 is 0. The Morgan fingerprint density at radius 2 is 2.00 bits per heavy atom. The van der Waals surface area contributed by atoms with Crippen LogP contribution in [0.3, 0.4) is 0 Å². The number of piperazine rings is 1. The van der Waals surface area contributed by atoms with Crippen LogP contribution in [0, 0.1) is 16.0 Å². The van der Waals surface area contributed by atoms with Gasteiger partial charge < -0.3 is 15.5 Å². The highest BCUT2D eigenvalue weighted by molar-refractivity contribution is 5.77. The van der Waals surface area contributed by atoms with Gasteiger partial charge in [-0.15, -0.1) is 0 Å². The molecular formula is C15H22N4O3. The number of amides is 1. The van der Waals surface area contributed by atoms with E-state index in [1.165, 1.54) is 6.07 Å². The number of hydrogen-bond donors (Lipinski definition) is 1. The Morgan fingerprint density at radius 1 is 1.36 bits per heavy atom. The summed E-state index contributed by atoms with van der Waals surface area (Å²) in [6.07, 6.45) is 0.415. The SMILES string of the molecule is CC(Cc1cc([N+](=O)[O-])ccc1N1CCN(C)CC1)C(N)=O. The van der Waals surface area contributed by atoms with Crippen LogP contribution < -0.4 is 10.6 Å². The number of nitrogens with zero attached hydrogens (tertiary/aromatic N) is 3. The number of hydrogen-bond acceptors (Lipinski definition) is 5. The van der Waals surface area contributed by atoms with Crippen LogP contribution in [-0.4, -0.2) is 49.0 Å². The fraction of sp³-hybridized carbons (Fsp3) is 0.533.